The predicted molar refractivity (Wildman–Crippen MR) is 125 cm³/mol. The zero-order chi connectivity index (χ0) is 22.1. The van der Waals surface area contributed by atoms with Gasteiger partial charge in [0.2, 0.25) is 0 Å². The first-order chi connectivity index (χ1) is 15.6. The molecule has 0 fully saturated rings. The highest BCUT2D eigenvalue weighted by molar-refractivity contribution is 7.13. The summed E-state index contributed by atoms with van der Waals surface area (Å²) in [6, 6.07) is 13.4. The molecule has 0 aliphatic carbocycles. The van der Waals surface area contributed by atoms with Gasteiger partial charge >= 0.3 is 0 Å². The molecule has 0 aliphatic heterocycles. The number of hydrogen-bond donors (Lipinski definition) is 1. The average molecular weight is 444 g/mol. The van der Waals surface area contributed by atoms with Gasteiger partial charge in [0.15, 0.2) is 11.5 Å². The quantitative estimate of drug-likeness (QED) is 0.413. The molecular weight excluding hydrogens is 422 g/mol. The number of fused-ring (bicyclic) bond motifs is 1. The van der Waals surface area contributed by atoms with Crippen LogP contribution in [0.15, 0.2) is 66.4 Å². The van der Waals surface area contributed by atoms with Crippen molar-refractivity contribution in [2.75, 3.05) is 5.32 Å². The maximum absolute atomic E-state index is 13.3. The van der Waals surface area contributed by atoms with Crippen molar-refractivity contribution in [3.63, 3.8) is 0 Å². The van der Waals surface area contributed by atoms with Crippen LogP contribution in [0.5, 0.6) is 0 Å². The maximum Gasteiger partial charge on any atom is 0.257 e. The molecule has 0 aromatic carbocycles. The third-order valence-corrected chi connectivity index (χ3v) is 5.90. The van der Waals surface area contributed by atoms with Crippen molar-refractivity contribution in [2.45, 2.75) is 26.4 Å². The highest BCUT2D eigenvalue weighted by atomic mass is 32.1. The fraction of sp³-hybridized carbons (Fsp3) is 0.174. The summed E-state index contributed by atoms with van der Waals surface area (Å²) in [5.41, 5.74) is 2.85. The number of rotatable bonds is 6. The van der Waals surface area contributed by atoms with E-state index in [1.165, 1.54) is 0 Å². The molecular formula is C23H21N7OS. The fourth-order valence-corrected chi connectivity index (χ4v) is 4.18. The molecule has 0 radical (unpaired) electrons. The summed E-state index contributed by atoms with van der Waals surface area (Å²) in [6.07, 6.45) is 5.27. The molecule has 5 rings (SSSR count). The largest absolute Gasteiger partial charge is 0.305 e. The highest BCUT2D eigenvalue weighted by Crippen LogP contribution is 2.29. The summed E-state index contributed by atoms with van der Waals surface area (Å²) in [7, 11) is 0. The van der Waals surface area contributed by atoms with E-state index in [1.54, 1.807) is 34.5 Å². The minimum atomic E-state index is -0.249. The number of hydrogen-bond acceptors (Lipinski definition) is 6. The molecule has 5 aromatic heterocycles. The van der Waals surface area contributed by atoms with Crippen LogP contribution in [0.4, 0.5) is 5.82 Å². The van der Waals surface area contributed by atoms with E-state index in [1.807, 2.05) is 66.5 Å². The van der Waals surface area contributed by atoms with Crippen molar-refractivity contribution in [3.05, 3.63) is 77.7 Å². The summed E-state index contributed by atoms with van der Waals surface area (Å²) in [4.78, 5) is 23.4. The van der Waals surface area contributed by atoms with Gasteiger partial charge in [0.25, 0.3) is 5.91 Å². The van der Waals surface area contributed by atoms with Crippen molar-refractivity contribution < 1.29 is 4.79 Å². The number of anilines is 1. The maximum atomic E-state index is 13.3. The summed E-state index contributed by atoms with van der Waals surface area (Å²) >= 11 is 1.58. The Morgan fingerprint density at radius 3 is 2.84 bits per heavy atom. The van der Waals surface area contributed by atoms with Crippen LogP contribution in [0.1, 0.15) is 35.9 Å². The molecule has 5 heterocycles. The van der Waals surface area contributed by atoms with Gasteiger partial charge in [-0.3, -0.25) is 14.5 Å². The van der Waals surface area contributed by atoms with E-state index >= 15 is 0 Å². The Kier molecular flexibility index (Phi) is 5.24. The molecule has 1 amide bonds. The number of pyridine rings is 2. The molecule has 0 saturated carbocycles. The van der Waals surface area contributed by atoms with Gasteiger partial charge < -0.3 is 5.32 Å². The van der Waals surface area contributed by atoms with Gasteiger partial charge in [-0.25, -0.2) is 9.67 Å². The number of nitrogens with zero attached hydrogens (tertiary/aromatic N) is 6. The Hall–Kier alpha value is -3.85. The molecule has 160 valence electrons. The van der Waals surface area contributed by atoms with E-state index in [-0.39, 0.29) is 11.9 Å². The van der Waals surface area contributed by atoms with Crippen LogP contribution in [-0.2, 0) is 6.54 Å². The van der Waals surface area contributed by atoms with Gasteiger partial charge in [-0.2, -0.15) is 10.2 Å². The SMILES string of the molecule is CC(C)n1ncc2c(C(=O)Nc3ccn(Cc4ccccn4)n3)cc(-c3cccs3)nc21. The first kappa shape index (κ1) is 20.1. The van der Waals surface area contributed by atoms with Gasteiger partial charge in [0, 0.05) is 24.5 Å². The molecule has 8 nitrogen and oxygen atoms in total. The minimum Gasteiger partial charge on any atom is -0.305 e. The lowest BCUT2D eigenvalue weighted by Gasteiger charge is -2.10. The summed E-state index contributed by atoms with van der Waals surface area (Å²) in [5, 5.41) is 14.6. The summed E-state index contributed by atoms with van der Waals surface area (Å²) < 4.78 is 3.58. The molecule has 5 aromatic rings. The molecule has 1 N–H and O–H groups in total. The molecule has 0 atom stereocenters. The fourth-order valence-electron chi connectivity index (χ4n) is 3.49. The monoisotopic (exact) mass is 443 g/mol. The van der Waals surface area contributed by atoms with E-state index in [4.69, 9.17) is 4.98 Å². The van der Waals surface area contributed by atoms with Crippen LogP contribution >= 0.6 is 11.3 Å². The third kappa shape index (κ3) is 3.90. The molecule has 0 unspecified atom stereocenters. The molecule has 0 spiro atoms. The van der Waals surface area contributed by atoms with E-state index in [9.17, 15) is 4.79 Å². The van der Waals surface area contributed by atoms with Crippen LogP contribution in [-0.4, -0.2) is 35.4 Å². The third-order valence-electron chi connectivity index (χ3n) is 5.01. The lowest BCUT2D eigenvalue weighted by Crippen LogP contribution is -2.14. The Balaban J connectivity index is 1.47. The Morgan fingerprint density at radius 1 is 1.19 bits per heavy atom. The standard InChI is InChI=1S/C23H21N7OS/c1-15(2)30-22-18(13-25-30)17(12-19(26-22)20-7-5-11-32-20)23(31)27-21-8-10-29(28-21)14-16-6-3-4-9-24-16/h3-13,15H,14H2,1-2H3,(H,27,28,31). The number of carbonyl (C=O) groups excluding carboxylic acids is 1. The summed E-state index contributed by atoms with van der Waals surface area (Å²) in [5.74, 6) is 0.228. The van der Waals surface area contributed by atoms with Crippen molar-refractivity contribution in [3.8, 4) is 10.6 Å². The number of carbonyl (C=O) groups is 1. The molecule has 0 aliphatic rings. The number of aromatic nitrogens is 6. The second-order valence-electron chi connectivity index (χ2n) is 7.63. The topological polar surface area (TPSA) is 90.5 Å². The smallest absolute Gasteiger partial charge is 0.257 e. The zero-order valence-corrected chi connectivity index (χ0v) is 18.5. The van der Waals surface area contributed by atoms with Gasteiger partial charge in [-0.05, 0) is 43.5 Å². The predicted octanol–water partition coefficient (Wildman–Crippen LogP) is 4.63. The van der Waals surface area contributed by atoms with E-state index in [2.05, 4.69) is 20.5 Å². The van der Waals surface area contributed by atoms with Crippen molar-refractivity contribution in [2.24, 2.45) is 0 Å². The number of thiophene rings is 1. The van der Waals surface area contributed by atoms with Crippen LogP contribution in [0.2, 0.25) is 0 Å². The van der Waals surface area contributed by atoms with E-state index < -0.39 is 0 Å². The van der Waals surface area contributed by atoms with Crippen molar-refractivity contribution >= 4 is 34.1 Å². The lowest BCUT2D eigenvalue weighted by molar-refractivity contribution is 0.102. The van der Waals surface area contributed by atoms with Crippen LogP contribution < -0.4 is 5.32 Å². The van der Waals surface area contributed by atoms with Gasteiger partial charge in [0.1, 0.15) is 0 Å². The van der Waals surface area contributed by atoms with Crippen molar-refractivity contribution in [1.29, 1.82) is 0 Å². The van der Waals surface area contributed by atoms with Crippen LogP contribution in [0.25, 0.3) is 21.6 Å². The normalized spacial score (nSPS) is 11.3. The Labute approximate surface area is 188 Å². The van der Waals surface area contributed by atoms with Crippen LogP contribution in [0.3, 0.4) is 0 Å². The van der Waals surface area contributed by atoms with Gasteiger partial charge in [0.05, 0.1) is 40.0 Å². The second-order valence-corrected chi connectivity index (χ2v) is 8.57. The molecule has 0 bridgehead atoms. The first-order valence-corrected chi connectivity index (χ1v) is 11.1. The zero-order valence-electron chi connectivity index (χ0n) is 17.6. The van der Waals surface area contributed by atoms with Crippen molar-refractivity contribution in [1.82, 2.24) is 29.5 Å². The number of amides is 1. The van der Waals surface area contributed by atoms with Gasteiger partial charge in [-0.1, -0.05) is 12.1 Å². The lowest BCUT2D eigenvalue weighted by atomic mass is 10.1. The van der Waals surface area contributed by atoms with Gasteiger partial charge in [-0.15, -0.1) is 11.3 Å². The van der Waals surface area contributed by atoms with E-state index in [0.29, 0.717) is 29.0 Å². The van der Waals surface area contributed by atoms with E-state index in [0.717, 1.165) is 16.3 Å². The molecule has 32 heavy (non-hydrogen) atoms. The number of nitrogens with one attached hydrogen (secondary N) is 1. The average Bonchev–Trinajstić information content (AvgIpc) is 3.54. The second kappa shape index (κ2) is 8.35. The summed E-state index contributed by atoms with van der Waals surface area (Å²) in [6.45, 7) is 4.61. The first-order valence-electron chi connectivity index (χ1n) is 10.3. The molecule has 9 heteroatoms. The highest BCUT2D eigenvalue weighted by Gasteiger charge is 2.19. The Morgan fingerprint density at radius 2 is 2.09 bits per heavy atom. The Bertz CT molecular complexity index is 1370. The minimum absolute atomic E-state index is 0.122. The molecule has 0 saturated heterocycles. The van der Waals surface area contributed by atoms with Crippen LogP contribution in [0, 0.1) is 0 Å².